The summed E-state index contributed by atoms with van der Waals surface area (Å²) in [6.45, 7) is 7.14. The number of nitrogens with zero attached hydrogens (tertiary/aromatic N) is 2. The molecule has 3 aromatic rings. The lowest BCUT2D eigenvalue weighted by molar-refractivity contribution is 0.1000. The average molecular weight is 662 g/mol. The summed E-state index contributed by atoms with van der Waals surface area (Å²) in [5, 5.41) is 6.59. The highest BCUT2D eigenvalue weighted by Gasteiger charge is 2.19. The van der Waals surface area contributed by atoms with Crippen LogP contribution in [-0.4, -0.2) is 80.9 Å². The number of halogens is 1. The number of rotatable bonds is 8. The number of piperazine rings is 2. The average Bonchev–Trinajstić information content (AvgIpc) is 3.02. The van der Waals surface area contributed by atoms with Crippen LogP contribution in [0.5, 0.6) is 11.5 Å². The molecule has 2 aliphatic rings. The van der Waals surface area contributed by atoms with Gasteiger partial charge in [-0.2, -0.15) is 0 Å². The van der Waals surface area contributed by atoms with E-state index in [1.807, 2.05) is 6.07 Å². The molecule has 0 atom stereocenters. The van der Waals surface area contributed by atoms with Crippen molar-refractivity contribution < 1.29 is 22.7 Å². The van der Waals surface area contributed by atoms with Gasteiger partial charge in [0.2, 0.25) is 5.91 Å². The van der Waals surface area contributed by atoms with Crippen LogP contribution in [0.4, 0.5) is 17.1 Å². The Balaban J connectivity index is 0.000000208. The Labute approximate surface area is 255 Å². The molecule has 1 amide bonds. The summed E-state index contributed by atoms with van der Waals surface area (Å²) in [4.78, 5) is 15.8. The van der Waals surface area contributed by atoms with Gasteiger partial charge in [-0.3, -0.25) is 9.52 Å². The Hall–Kier alpha value is -3.52. The fraction of sp³-hybridized carbons (Fsp3) is 0.345. The van der Waals surface area contributed by atoms with Gasteiger partial charge in [-0.15, -0.1) is 0 Å². The predicted molar refractivity (Wildman–Crippen MR) is 170 cm³/mol. The number of nitrogens with one attached hydrogen (secondary N) is 3. The SMILES string of the molecule is COc1ccc(C(N)=O)cc1N1CCNCC1.COc1ccc(NS(=O)(=O)c2ccc(Br)cc2)cc1N1CCNCC1. The van der Waals surface area contributed by atoms with Crippen molar-refractivity contribution in [2.45, 2.75) is 4.90 Å². The van der Waals surface area contributed by atoms with E-state index in [-0.39, 0.29) is 4.90 Å². The van der Waals surface area contributed by atoms with Gasteiger partial charge in [0.05, 0.1) is 36.2 Å². The highest BCUT2D eigenvalue weighted by Crippen LogP contribution is 2.33. The molecule has 2 aliphatic heterocycles. The molecule has 0 aromatic heterocycles. The minimum atomic E-state index is -3.64. The molecular formula is C29H37BrN6O5S. The van der Waals surface area contributed by atoms with E-state index in [1.54, 1.807) is 68.8 Å². The van der Waals surface area contributed by atoms with E-state index in [0.717, 1.165) is 79.7 Å². The van der Waals surface area contributed by atoms with Gasteiger partial charge in [-0.05, 0) is 60.7 Å². The number of hydrogen-bond donors (Lipinski definition) is 4. The standard InChI is InChI=1S/C17H20BrN3O3S.C12H17N3O2/c1-24-17-7-4-14(12-16(17)21-10-8-19-9-11-21)20-25(22,23)15-5-2-13(18)3-6-15;1-17-11-3-2-9(12(13)16)8-10(11)15-6-4-14-5-7-15/h2-7,12,19-20H,8-11H2,1H3;2-3,8,14H,4-7H2,1H3,(H2,13,16). The van der Waals surface area contributed by atoms with Crippen LogP contribution in [0.2, 0.25) is 0 Å². The molecule has 0 spiro atoms. The maximum absolute atomic E-state index is 12.6. The molecule has 2 saturated heterocycles. The third kappa shape index (κ3) is 8.06. The van der Waals surface area contributed by atoms with Crippen LogP contribution in [0.15, 0.2) is 70.0 Å². The lowest BCUT2D eigenvalue weighted by Crippen LogP contribution is -2.43. The van der Waals surface area contributed by atoms with Gasteiger partial charge in [0.1, 0.15) is 11.5 Å². The van der Waals surface area contributed by atoms with Crippen LogP contribution in [0.3, 0.4) is 0 Å². The smallest absolute Gasteiger partial charge is 0.261 e. The summed E-state index contributed by atoms with van der Waals surface area (Å²) < 4.78 is 39.4. The van der Waals surface area contributed by atoms with Crippen molar-refractivity contribution in [2.24, 2.45) is 5.73 Å². The highest BCUT2D eigenvalue weighted by atomic mass is 79.9. The monoisotopic (exact) mass is 660 g/mol. The molecule has 0 bridgehead atoms. The van der Waals surface area contributed by atoms with Crippen molar-refractivity contribution in [1.29, 1.82) is 0 Å². The number of amides is 1. The fourth-order valence-corrected chi connectivity index (χ4v) is 6.04. The zero-order valence-corrected chi connectivity index (χ0v) is 26.1. The second kappa shape index (κ2) is 14.6. The van der Waals surface area contributed by atoms with Crippen molar-refractivity contribution in [3.8, 4) is 11.5 Å². The van der Waals surface area contributed by atoms with Crippen LogP contribution in [0.25, 0.3) is 0 Å². The van der Waals surface area contributed by atoms with Gasteiger partial charge in [0, 0.05) is 62.4 Å². The quantitative estimate of drug-likeness (QED) is 0.287. The van der Waals surface area contributed by atoms with E-state index in [9.17, 15) is 13.2 Å². The number of hydrogen-bond acceptors (Lipinski definition) is 9. The van der Waals surface area contributed by atoms with E-state index in [4.69, 9.17) is 15.2 Å². The second-order valence-corrected chi connectivity index (χ2v) is 12.3. The number of benzene rings is 3. The molecular weight excluding hydrogens is 624 g/mol. The van der Waals surface area contributed by atoms with Gasteiger partial charge in [-0.1, -0.05) is 15.9 Å². The van der Waals surface area contributed by atoms with Gasteiger partial charge in [-0.25, -0.2) is 8.42 Å². The van der Waals surface area contributed by atoms with Gasteiger partial charge in [0.25, 0.3) is 10.0 Å². The lowest BCUT2D eigenvalue weighted by atomic mass is 10.1. The van der Waals surface area contributed by atoms with E-state index >= 15 is 0 Å². The van der Waals surface area contributed by atoms with Crippen LogP contribution in [0.1, 0.15) is 10.4 Å². The summed E-state index contributed by atoms with van der Waals surface area (Å²) >= 11 is 3.31. The topological polar surface area (TPSA) is 138 Å². The molecule has 2 heterocycles. The minimum Gasteiger partial charge on any atom is -0.495 e. The largest absolute Gasteiger partial charge is 0.495 e. The fourth-order valence-electron chi connectivity index (χ4n) is 4.73. The zero-order chi connectivity index (χ0) is 30.1. The normalized spacial score (nSPS) is 15.3. The number of anilines is 3. The van der Waals surface area contributed by atoms with Crippen LogP contribution >= 0.6 is 15.9 Å². The van der Waals surface area contributed by atoms with Crippen molar-refractivity contribution >= 4 is 48.9 Å². The van der Waals surface area contributed by atoms with Crippen molar-refractivity contribution in [2.75, 3.05) is 81.1 Å². The molecule has 42 heavy (non-hydrogen) atoms. The molecule has 0 unspecified atom stereocenters. The van der Waals surface area contributed by atoms with Crippen molar-refractivity contribution in [3.05, 3.63) is 70.7 Å². The Morgan fingerprint density at radius 3 is 1.81 bits per heavy atom. The lowest BCUT2D eigenvalue weighted by Gasteiger charge is -2.31. The zero-order valence-electron chi connectivity index (χ0n) is 23.7. The second-order valence-electron chi connectivity index (χ2n) is 9.67. The summed E-state index contributed by atoms with van der Waals surface area (Å²) in [5.74, 6) is 1.09. The van der Waals surface area contributed by atoms with Gasteiger partial charge < -0.3 is 35.6 Å². The summed E-state index contributed by atoms with van der Waals surface area (Å²) in [6, 6.07) is 17.1. The summed E-state index contributed by atoms with van der Waals surface area (Å²) in [6.07, 6.45) is 0. The highest BCUT2D eigenvalue weighted by molar-refractivity contribution is 9.10. The van der Waals surface area contributed by atoms with E-state index in [2.05, 4.69) is 41.1 Å². The first-order valence-electron chi connectivity index (χ1n) is 13.6. The third-order valence-corrected chi connectivity index (χ3v) is 8.86. The number of methoxy groups -OCH3 is 2. The van der Waals surface area contributed by atoms with Crippen LogP contribution in [-0.2, 0) is 10.0 Å². The Kier molecular flexibility index (Phi) is 10.9. The molecule has 5 rings (SSSR count). The third-order valence-electron chi connectivity index (χ3n) is 6.93. The van der Waals surface area contributed by atoms with Gasteiger partial charge >= 0.3 is 0 Å². The number of primary amides is 1. The predicted octanol–water partition coefficient (Wildman–Crippen LogP) is 2.87. The van der Waals surface area contributed by atoms with Crippen LogP contribution in [0, 0.1) is 0 Å². The Morgan fingerprint density at radius 1 is 0.810 bits per heavy atom. The summed E-state index contributed by atoms with van der Waals surface area (Å²) in [5.41, 5.74) is 8.14. The number of carbonyl (C=O) groups is 1. The molecule has 0 aliphatic carbocycles. The van der Waals surface area contributed by atoms with E-state index < -0.39 is 15.9 Å². The molecule has 226 valence electrons. The maximum Gasteiger partial charge on any atom is 0.261 e. The first-order valence-corrected chi connectivity index (χ1v) is 15.8. The molecule has 11 nitrogen and oxygen atoms in total. The first kappa shape index (κ1) is 31.4. The maximum atomic E-state index is 12.6. The number of ether oxygens (including phenoxy) is 2. The molecule has 2 fully saturated rings. The molecule has 3 aromatic carbocycles. The number of nitrogens with two attached hydrogens (primary N) is 1. The molecule has 0 radical (unpaired) electrons. The number of carbonyl (C=O) groups excluding carboxylic acids is 1. The molecule has 13 heteroatoms. The van der Waals surface area contributed by atoms with E-state index in [0.29, 0.717) is 11.3 Å². The van der Waals surface area contributed by atoms with Crippen LogP contribution < -0.4 is 40.4 Å². The summed E-state index contributed by atoms with van der Waals surface area (Å²) in [7, 11) is -0.392. The van der Waals surface area contributed by atoms with E-state index in [1.165, 1.54) is 0 Å². The number of sulfonamides is 1. The molecule has 0 saturated carbocycles. The Bertz CT molecular complexity index is 1460. The van der Waals surface area contributed by atoms with Gasteiger partial charge in [0.15, 0.2) is 0 Å². The Morgan fingerprint density at radius 2 is 1.31 bits per heavy atom. The first-order chi connectivity index (χ1) is 20.2. The van der Waals surface area contributed by atoms with Crippen molar-refractivity contribution in [3.63, 3.8) is 0 Å². The van der Waals surface area contributed by atoms with Crippen molar-refractivity contribution in [1.82, 2.24) is 10.6 Å². The molecule has 5 N–H and O–H groups in total. The minimum absolute atomic E-state index is 0.218.